The first-order valence-electron chi connectivity index (χ1n) is 6.53. The quantitative estimate of drug-likeness (QED) is 0.797. The van der Waals surface area contributed by atoms with E-state index in [1.807, 2.05) is 16.6 Å². The molecule has 0 unspecified atom stereocenters. The van der Waals surface area contributed by atoms with E-state index in [-0.39, 0.29) is 5.91 Å². The van der Waals surface area contributed by atoms with Gasteiger partial charge in [-0.25, -0.2) is 0 Å². The molecule has 1 aromatic heterocycles. The molecule has 5 nitrogen and oxygen atoms in total. The van der Waals surface area contributed by atoms with Crippen molar-refractivity contribution in [2.45, 2.75) is 33.4 Å². The lowest BCUT2D eigenvalue weighted by atomic mass is 10.3. The number of nitrogens with zero attached hydrogens (tertiary/aromatic N) is 4. The summed E-state index contributed by atoms with van der Waals surface area (Å²) in [6.45, 7) is 6.13. The van der Waals surface area contributed by atoms with Crippen molar-refractivity contribution < 1.29 is 4.79 Å². The van der Waals surface area contributed by atoms with Crippen LogP contribution < -0.4 is 0 Å². The molecular weight excluding hydrogens is 308 g/mol. The van der Waals surface area contributed by atoms with E-state index in [1.165, 1.54) is 0 Å². The number of rotatable bonds is 6. The Labute approximate surface area is 123 Å². The van der Waals surface area contributed by atoms with Gasteiger partial charge < -0.3 is 4.90 Å². The lowest BCUT2D eigenvalue weighted by molar-refractivity contribution is -0.129. The second-order valence-electron chi connectivity index (χ2n) is 4.84. The topological polar surface area (TPSA) is 41.4 Å². The maximum Gasteiger partial charge on any atom is 0.236 e. The molecule has 108 valence electrons. The fourth-order valence-electron chi connectivity index (χ4n) is 1.85. The second-order valence-corrected chi connectivity index (χ2v) is 5.63. The zero-order valence-corrected chi connectivity index (χ0v) is 14.0. The average Bonchev–Trinajstić information content (AvgIpc) is 2.66. The normalized spacial score (nSPS) is 11.1. The van der Waals surface area contributed by atoms with Gasteiger partial charge in [0, 0.05) is 27.2 Å². The molecule has 0 aliphatic carbocycles. The molecule has 1 aromatic rings. The van der Waals surface area contributed by atoms with Gasteiger partial charge in [0.2, 0.25) is 5.91 Å². The van der Waals surface area contributed by atoms with Gasteiger partial charge in [-0.2, -0.15) is 5.10 Å². The van der Waals surface area contributed by atoms with Crippen molar-refractivity contribution in [1.82, 2.24) is 19.6 Å². The Balaban J connectivity index is 2.81. The summed E-state index contributed by atoms with van der Waals surface area (Å²) < 4.78 is 3.07. The van der Waals surface area contributed by atoms with Gasteiger partial charge in [0.05, 0.1) is 22.4 Å². The highest BCUT2D eigenvalue weighted by Crippen LogP contribution is 2.23. The van der Waals surface area contributed by atoms with E-state index in [4.69, 9.17) is 0 Å². The van der Waals surface area contributed by atoms with E-state index >= 15 is 0 Å². The first-order valence-corrected chi connectivity index (χ1v) is 7.32. The molecule has 0 bridgehead atoms. The number of amides is 1. The monoisotopic (exact) mass is 330 g/mol. The predicted octanol–water partition coefficient (Wildman–Crippen LogP) is 1.75. The van der Waals surface area contributed by atoms with Gasteiger partial charge in [0.15, 0.2) is 0 Å². The van der Waals surface area contributed by atoms with Crippen LogP contribution in [-0.2, 0) is 24.3 Å². The first kappa shape index (κ1) is 16.2. The van der Waals surface area contributed by atoms with Gasteiger partial charge >= 0.3 is 0 Å². The number of carbonyl (C=O) groups is 1. The molecule has 0 N–H and O–H groups in total. The Morgan fingerprint density at radius 3 is 2.42 bits per heavy atom. The van der Waals surface area contributed by atoms with Crippen molar-refractivity contribution in [3.05, 3.63) is 15.9 Å². The zero-order valence-electron chi connectivity index (χ0n) is 12.4. The third kappa shape index (κ3) is 4.04. The van der Waals surface area contributed by atoms with Crippen LogP contribution in [0.1, 0.15) is 25.2 Å². The van der Waals surface area contributed by atoms with Crippen molar-refractivity contribution in [2.24, 2.45) is 0 Å². The van der Waals surface area contributed by atoms with Gasteiger partial charge in [-0.1, -0.05) is 6.92 Å². The smallest absolute Gasteiger partial charge is 0.236 e. The summed E-state index contributed by atoms with van der Waals surface area (Å²) in [5, 5.41) is 4.56. The number of hydrogen-bond donors (Lipinski definition) is 0. The molecule has 6 heteroatoms. The summed E-state index contributed by atoms with van der Waals surface area (Å²) in [5.74, 6) is 0.108. The molecule has 19 heavy (non-hydrogen) atoms. The second kappa shape index (κ2) is 7.05. The molecule has 0 aliphatic heterocycles. The van der Waals surface area contributed by atoms with E-state index in [0.29, 0.717) is 13.1 Å². The number of aromatic nitrogens is 2. The van der Waals surface area contributed by atoms with Crippen molar-refractivity contribution in [3.8, 4) is 0 Å². The molecule has 0 fully saturated rings. The molecule has 0 aliphatic rings. The highest BCUT2D eigenvalue weighted by molar-refractivity contribution is 9.10. The average molecular weight is 331 g/mol. The highest BCUT2D eigenvalue weighted by atomic mass is 79.9. The van der Waals surface area contributed by atoms with Gasteiger partial charge in [-0.05, 0) is 36.3 Å². The lowest BCUT2D eigenvalue weighted by Gasteiger charge is -2.19. The summed E-state index contributed by atoms with van der Waals surface area (Å²) in [7, 11) is 5.50. The minimum Gasteiger partial charge on any atom is -0.348 e. The molecule has 0 saturated carbocycles. The van der Waals surface area contributed by atoms with Gasteiger partial charge in [0.25, 0.3) is 0 Å². The van der Waals surface area contributed by atoms with E-state index in [2.05, 4.69) is 34.9 Å². The van der Waals surface area contributed by atoms with Crippen LogP contribution in [0.25, 0.3) is 0 Å². The van der Waals surface area contributed by atoms with Crippen LogP contribution in [0.15, 0.2) is 4.47 Å². The molecule has 0 saturated heterocycles. The van der Waals surface area contributed by atoms with Crippen molar-refractivity contribution in [1.29, 1.82) is 0 Å². The minimum absolute atomic E-state index is 0.108. The van der Waals surface area contributed by atoms with Crippen LogP contribution in [0.5, 0.6) is 0 Å². The Bertz CT molecular complexity index is 442. The molecular formula is C13H23BrN4O. The SMILES string of the molecule is CCc1nn(CC)c(CN(C)CC(=O)N(C)C)c1Br. The largest absolute Gasteiger partial charge is 0.348 e. The maximum atomic E-state index is 11.7. The van der Waals surface area contributed by atoms with Crippen molar-refractivity contribution >= 4 is 21.8 Å². The molecule has 0 aromatic carbocycles. The summed E-state index contributed by atoms with van der Waals surface area (Å²) >= 11 is 3.62. The van der Waals surface area contributed by atoms with Crippen LogP contribution in [0.4, 0.5) is 0 Å². The molecule has 1 rings (SSSR count). The number of halogens is 1. The number of carbonyl (C=O) groups excluding carboxylic acids is 1. The summed E-state index contributed by atoms with van der Waals surface area (Å²) in [5.41, 5.74) is 2.21. The van der Waals surface area contributed by atoms with Gasteiger partial charge in [-0.3, -0.25) is 14.4 Å². The Hall–Kier alpha value is -0.880. The Morgan fingerprint density at radius 1 is 1.32 bits per heavy atom. The maximum absolute atomic E-state index is 11.7. The number of hydrogen-bond acceptors (Lipinski definition) is 3. The Kier molecular flexibility index (Phi) is 6.00. The summed E-state index contributed by atoms with van der Waals surface area (Å²) in [6, 6.07) is 0. The molecule has 1 amide bonds. The van der Waals surface area contributed by atoms with Crippen LogP contribution in [0.2, 0.25) is 0 Å². The molecule has 1 heterocycles. The fraction of sp³-hybridized carbons (Fsp3) is 0.692. The fourth-order valence-corrected chi connectivity index (χ4v) is 2.54. The molecule has 0 radical (unpaired) electrons. The zero-order chi connectivity index (χ0) is 14.6. The first-order chi connectivity index (χ1) is 8.90. The number of likely N-dealkylation sites (N-methyl/N-ethyl adjacent to an activating group) is 2. The van der Waals surface area contributed by atoms with Crippen LogP contribution in [0.3, 0.4) is 0 Å². The predicted molar refractivity (Wildman–Crippen MR) is 80.0 cm³/mol. The third-order valence-corrected chi connectivity index (χ3v) is 3.93. The van der Waals surface area contributed by atoms with E-state index < -0.39 is 0 Å². The summed E-state index contributed by atoms with van der Waals surface area (Å²) in [4.78, 5) is 15.3. The number of aryl methyl sites for hydroxylation is 2. The minimum atomic E-state index is 0.108. The Morgan fingerprint density at radius 2 is 1.95 bits per heavy atom. The highest BCUT2D eigenvalue weighted by Gasteiger charge is 2.17. The van der Waals surface area contributed by atoms with Gasteiger partial charge in [-0.15, -0.1) is 0 Å². The molecule has 0 spiro atoms. The van der Waals surface area contributed by atoms with Crippen molar-refractivity contribution in [2.75, 3.05) is 27.7 Å². The molecule has 0 atom stereocenters. The van der Waals surface area contributed by atoms with Crippen LogP contribution in [-0.4, -0.2) is 53.2 Å². The lowest BCUT2D eigenvalue weighted by Crippen LogP contribution is -2.34. The third-order valence-electron chi connectivity index (χ3n) is 3.02. The van der Waals surface area contributed by atoms with E-state index in [1.54, 1.807) is 19.0 Å². The standard InChI is InChI=1S/C13H23BrN4O/c1-6-10-13(14)11(18(7-2)15-10)8-17(5)9-12(19)16(3)4/h6-9H2,1-5H3. The van der Waals surface area contributed by atoms with E-state index in [0.717, 1.165) is 28.8 Å². The van der Waals surface area contributed by atoms with Crippen LogP contribution >= 0.6 is 15.9 Å². The van der Waals surface area contributed by atoms with Crippen molar-refractivity contribution in [3.63, 3.8) is 0 Å². The summed E-state index contributed by atoms with van der Waals surface area (Å²) in [6.07, 6.45) is 0.904. The van der Waals surface area contributed by atoms with E-state index in [9.17, 15) is 4.79 Å². The van der Waals surface area contributed by atoms with Crippen LogP contribution in [0, 0.1) is 0 Å². The van der Waals surface area contributed by atoms with Gasteiger partial charge in [0.1, 0.15) is 0 Å².